The van der Waals surface area contributed by atoms with E-state index in [1.165, 1.54) is 107 Å². The molecule has 15 heterocycles. The largest absolute Gasteiger partial charge is 0.378 e. The number of nitrogens with zero attached hydrogens (tertiary/aromatic N) is 16. The second-order valence-corrected chi connectivity index (χ2v) is 39.5. The maximum atomic E-state index is 13.0. The minimum Gasteiger partial charge on any atom is -0.378 e. The van der Waals surface area contributed by atoms with E-state index in [1.807, 2.05) is 57.2 Å². The molecule has 5 aromatic carbocycles. The third kappa shape index (κ3) is 20.0. The van der Waals surface area contributed by atoms with Crippen molar-refractivity contribution in [1.82, 2.24) is 76.7 Å². The van der Waals surface area contributed by atoms with Crippen molar-refractivity contribution in [2.45, 2.75) is 170 Å². The summed E-state index contributed by atoms with van der Waals surface area (Å²) >= 11 is 18.7. The molecule has 10 aliphatic heterocycles. The topological polar surface area (TPSA) is 189 Å². The zero-order chi connectivity index (χ0) is 87.6. The van der Waals surface area contributed by atoms with Crippen LogP contribution in [-0.2, 0) is 142 Å². The lowest BCUT2D eigenvalue weighted by atomic mass is 10.0. The molecule has 6 amide bonds. The Morgan fingerprint density at radius 3 is 0.992 bits per heavy atom. The van der Waals surface area contributed by atoms with Crippen LogP contribution in [0.4, 0.5) is 0 Å². The van der Waals surface area contributed by atoms with E-state index in [0.29, 0.717) is 116 Å². The van der Waals surface area contributed by atoms with Crippen LogP contribution < -0.4 is 0 Å². The summed E-state index contributed by atoms with van der Waals surface area (Å²) in [5.41, 5.74) is 21.6. The van der Waals surface area contributed by atoms with Gasteiger partial charge in [-0.25, -0.2) is 0 Å². The Bertz CT molecular complexity index is 5590. The molecule has 0 saturated carbocycles. The Hall–Kier alpha value is -8.60. The molecule has 10 aliphatic rings. The molecule has 5 aromatic heterocycles. The lowest BCUT2D eigenvalue weighted by molar-refractivity contribution is -0.138. The summed E-state index contributed by atoms with van der Waals surface area (Å²) in [5, 5.41) is 8.37. The number of hydrogen-bond acceptors (Lipinski definition) is 13. The Labute approximate surface area is 753 Å². The minimum absolute atomic E-state index is 0.0774. The highest BCUT2D eigenvalue weighted by molar-refractivity contribution is 7.85. The molecule has 5 saturated heterocycles. The van der Waals surface area contributed by atoms with E-state index in [-0.39, 0.29) is 35.4 Å². The summed E-state index contributed by atoms with van der Waals surface area (Å²) in [6, 6.07) is 31.5. The van der Waals surface area contributed by atoms with E-state index in [9.17, 15) is 33.0 Å². The van der Waals surface area contributed by atoms with Gasteiger partial charge in [-0.05, 0) is 201 Å². The molecule has 0 N–H and O–H groups in total. The van der Waals surface area contributed by atoms with Gasteiger partial charge in [0.05, 0.1) is 13.2 Å². The van der Waals surface area contributed by atoms with Crippen molar-refractivity contribution in [1.29, 1.82) is 0 Å². The van der Waals surface area contributed by atoms with Crippen molar-refractivity contribution in [3.63, 3.8) is 0 Å². The lowest BCUT2D eigenvalue weighted by Gasteiger charge is -2.34. The second kappa shape index (κ2) is 39.6. The molecular weight excluding hydrogens is 1660 g/mol. The summed E-state index contributed by atoms with van der Waals surface area (Å²) in [5.74, 6) is 2.24. The van der Waals surface area contributed by atoms with Crippen molar-refractivity contribution >= 4 is 136 Å². The molecule has 0 spiro atoms. The van der Waals surface area contributed by atoms with Gasteiger partial charge in [0.1, 0.15) is 32.7 Å². The molecule has 0 bridgehead atoms. The molecule has 28 heteroatoms. The fourth-order valence-corrected chi connectivity index (χ4v) is 22.3. The quantitative estimate of drug-likeness (QED) is 0.126. The van der Waals surface area contributed by atoms with Gasteiger partial charge in [-0.3, -0.25) is 33.0 Å². The van der Waals surface area contributed by atoms with Crippen LogP contribution in [0.25, 0.3) is 54.5 Å². The predicted octanol–water partition coefficient (Wildman–Crippen LogP) is 12.3. The Kier molecular flexibility index (Phi) is 28.4. The number of aryl methyl sites for hydroxylation is 2. The van der Waals surface area contributed by atoms with Gasteiger partial charge in [0, 0.05) is 303 Å². The van der Waals surface area contributed by atoms with Crippen LogP contribution >= 0.6 is 34.8 Å². The zero-order valence-corrected chi connectivity index (χ0v) is 77.8. The van der Waals surface area contributed by atoms with E-state index in [0.717, 1.165) is 185 Å². The molecule has 20 rings (SSSR count). The number of fused-ring (bicyclic) bond motifs is 15. The van der Waals surface area contributed by atoms with Crippen LogP contribution in [0, 0.1) is 13.8 Å². The van der Waals surface area contributed by atoms with Gasteiger partial charge in [-0.2, -0.15) is 0 Å². The number of likely N-dealkylation sites (tertiary alicyclic amines) is 2. The van der Waals surface area contributed by atoms with Crippen molar-refractivity contribution in [3.05, 3.63) is 173 Å². The summed E-state index contributed by atoms with van der Waals surface area (Å²) in [7, 11) is 9.97. The third-order valence-electron chi connectivity index (χ3n) is 27.7. The van der Waals surface area contributed by atoms with Crippen LogP contribution in [-0.4, -0.2) is 287 Å². The van der Waals surface area contributed by atoms with Gasteiger partial charge in [0.2, 0.25) is 35.4 Å². The number of morpholine rings is 1. The second-order valence-electron chi connectivity index (χ2n) is 36.5. The average Bonchev–Trinajstić information content (AvgIpc) is 1.63. The van der Waals surface area contributed by atoms with Gasteiger partial charge in [0.15, 0.2) is 0 Å². The molecule has 1 unspecified atom stereocenters. The Balaban J connectivity index is 0.000000115. The van der Waals surface area contributed by atoms with E-state index in [4.69, 9.17) is 39.5 Å². The van der Waals surface area contributed by atoms with Gasteiger partial charge in [-0.1, -0.05) is 58.1 Å². The first kappa shape index (κ1) is 89.8. The first-order valence-electron chi connectivity index (χ1n) is 45.4. The summed E-state index contributed by atoms with van der Waals surface area (Å²) in [6.45, 7) is 29.0. The fourth-order valence-electron chi connectivity index (χ4n) is 20.7. The average molecular weight is 1780 g/mol. The van der Waals surface area contributed by atoms with Crippen molar-refractivity contribution in [2.75, 3.05) is 165 Å². The number of piperidine rings is 2. The number of amides is 6. The van der Waals surface area contributed by atoms with E-state index >= 15 is 0 Å². The smallest absolute Gasteiger partial charge is 0.242 e. The lowest BCUT2D eigenvalue weighted by Crippen LogP contribution is -2.50. The van der Waals surface area contributed by atoms with Crippen LogP contribution in [0.2, 0.25) is 15.1 Å². The standard InChI is InChI=1S/C20H25ClN4O2.C20H26ClN3O.C20H27N3O.C19H25N3O2.C18H22ClN3O2S/c1-14(26)23-7-9-24(10-8-23)20(27)13-25-18-4-3-15(21)11-16(18)17-12-22(2)6-5-19(17)25;1-14-5-3-4-9-23(14)20(25)13-24-18-7-6-15(21)11-16(18)17-12-22(2)10-8-19(17)24;1-15-6-7-18-16(12-15)17-13-21(2)11-8-19(17)23(18)14-20(24)22-9-4-3-5-10-22;1-14-3-4-17-15(11-14)16-12-20(2)6-5-18(16)22(17)13-19(23)21-7-9-24-10-8-21;1-20-5-4-17-15(11-20)14-10-13(19)2-3-16(14)22(17)12-18(23)21-6-8-25(24)9-7-21/h3-4,11H,5-10,12-13H2,1-2H3;6-7,11,14H,3-5,8-10,12-13H2,1-2H3;6-7,12H,3-5,8-11,13-14H2,1-2H3;3-4,11H,5-10,12-13H2,1-2H3;2-3,10H,4-9,11-12H2,1H3. The number of ether oxygens (including phenoxy) is 1. The van der Waals surface area contributed by atoms with Crippen LogP contribution in [0.3, 0.4) is 0 Å². The number of rotatable bonds is 10. The van der Waals surface area contributed by atoms with Crippen molar-refractivity contribution in [2.24, 2.45) is 0 Å². The molecular formula is C97H125Cl3N16O8S. The predicted molar refractivity (Wildman–Crippen MR) is 501 cm³/mol. The van der Waals surface area contributed by atoms with E-state index in [2.05, 4.69) is 162 Å². The number of piperazine rings is 1. The highest BCUT2D eigenvalue weighted by Crippen LogP contribution is 2.39. The van der Waals surface area contributed by atoms with Crippen molar-refractivity contribution in [3.8, 4) is 0 Å². The number of halogens is 3. The van der Waals surface area contributed by atoms with Crippen molar-refractivity contribution < 1.29 is 37.7 Å². The van der Waals surface area contributed by atoms with Gasteiger partial charge >= 0.3 is 0 Å². The number of likely N-dealkylation sites (N-methyl/N-ethyl adjacent to an activating group) is 5. The third-order valence-corrected chi connectivity index (χ3v) is 29.7. The molecule has 1 atom stereocenters. The molecule has 125 heavy (non-hydrogen) atoms. The summed E-state index contributed by atoms with van der Waals surface area (Å²) in [4.78, 5) is 99.1. The first-order valence-corrected chi connectivity index (χ1v) is 48.0. The molecule has 5 fully saturated rings. The van der Waals surface area contributed by atoms with Gasteiger partial charge in [0.25, 0.3) is 0 Å². The first-order chi connectivity index (χ1) is 60.3. The number of benzene rings is 5. The maximum absolute atomic E-state index is 13.0. The highest BCUT2D eigenvalue weighted by atomic mass is 35.5. The fraction of sp³-hybridized carbons (Fsp3) is 0.526. The van der Waals surface area contributed by atoms with Gasteiger partial charge < -0.3 is 81.5 Å². The number of aromatic nitrogens is 5. The molecule has 668 valence electrons. The van der Waals surface area contributed by atoms with Crippen LogP contribution in [0.5, 0.6) is 0 Å². The van der Waals surface area contributed by atoms with Crippen LogP contribution in [0.1, 0.15) is 120 Å². The molecule has 0 radical (unpaired) electrons. The number of carbonyl (C=O) groups excluding carboxylic acids is 6. The molecule has 10 aromatic rings. The number of carbonyl (C=O) groups is 6. The zero-order valence-electron chi connectivity index (χ0n) is 74.7. The maximum Gasteiger partial charge on any atom is 0.242 e. The monoisotopic (exact) mass is 1780 g/mol. The highest BCUT2D eigenvalue weighted by Gasteiger charge is 2.34. The molecule has 0 aliphatic carbocycles. The van der Waals surface area contributed by atoms with Gasteiger partial charge in [-0.15, -0.1) is 0 Å². The Morgan fingerprint density at radius 1 is 0.352 bits per heavy atom. The van der Waals surface area contributed by atoms with E-state index in [1.54, 1.807) is 11.8 Å². The Morgan fingerprint density at radius 2 is 0.648 bits per heavy atom. The summed E-state index contributed by atoms with van der Waals surface area (Å²) in [6.07, 6.45) is 12.0. The molecule has 24 nitrogen and oxygen atoms in total. The minimum atomic E-state index is -0.768. The SMILES string of the molecule is CC(=O)N1CCN(C(=O)Cn2c3c(c4cc(Cl)ccc42)CN(C)CC3)CC1.CC1CCCCN1C(=O)Cn1c2c(c3cc(Cl)ccc31)CN(C)CC2.CN1CCc2c(c3cc(Cl)ccc3n2CC(=O)N2CCS(=O)CC2)C1.Cc1ccc2c(c1)c1c(n2CC(=O)N2CCCCC2)CCN(C)C1.Cc1ccc2c(c1)c1c(n2CC(=O)N2CCOCC2)CCN(C)C1. The number of hydrogen-bond donors (Lipinski definition) is 0. The normalized spacial score (nSPS) is 19.3. The van der Waals surface area contributed by atoms with E-state index < -0.39 is 10.8 Å². The van der Waals surface area contributed by atoms with Crippen LogP contribution in [0.15, 0.2) is 91.0 Å². The summed E-state index contributed by atoms with van der Waals surface area (Å²) < 4.78 is 28.0.